The minimum absolute atomic E-state index is 0.247. The number of benzene rings is 2. The van der Waals surface area contributed by atoms with Crippen LogP contribution in [-0.2, 0) is 16.1 Å². The Morgan fingerprint density at radius 1 is 1.17 bits per heavy atom. The molecule has 1 unspecified atom stereocenters. The molecule has 7 nitrogen and oxygen atoms in total. The monoisotopic (exact) mass is 427 g/mol. The van der Waals surface area contributed by atoms with Crippen LogP contribution in [0.1, 0.15) is 29.8 Å². The largest absolute Gasteiger partial charge is 0.492 e. The third kappa shape index (κ3) is 5.39. The average Bonchev–Trinajstić information content (AvgIpc) is 3.20. The minimum Gasteiger partial charge on any atom is -0.492 e. The lowest BCUT2D eigenvalue weighted by molar-refractivity contribution is -0.123. The van der Waals surface area contributed by atoms with Gasteiger partial charge >= 0.3 is 5.97 Å². The molecule has 1 N–H and O–H groups in total. The lowest BCUT2D eigenvalue weighted by Gasteiger charge is -2.15. The molecule has 0 saturated carbocycles. The maximum atomic E-state index is 12.4. The highest BCUT2D eigenvalue weighted by Gasteiger charge is 2.21. The number of halogens is 1. The zero-order valence-corrected chi connectivity index (χ0v) is 17.4. The van der Waals surface area contributed by atoms with Crippen molar-refractivity contribution in [2.24, 2.45) is 0 Å². The number of esters is 1. The molecule has 3 aromatic rings. The van der Waals surface area contributed by atoms with E-state index in [2.05, 4.69) is 10.4 Å². The Hall–Kier alpha value is -3.32. The number of ether oxygens (including phenoxy) is 2. The van der Waals surface area contributed by atoms with Crippen LogP contribution in [0.3, 0.4) is 0 Å². The molecule has 1 amide bonds. The second kappa shape index (κ2) is 9.93. The molecule has 0 radical (unpaired) electrons. The molecule has 0 spiro atoms. The number of anilines is 1. The number of hydrogen-bond donors (Lipinski definition) is 1. The van der Waals surface area contributed by atoms with E-state index in [-0.39, 0.29) is 5.56 Å². The molecular weight excluding hydrogens is 406 g/mol. The minimum atomic E-state index is -1.00. The summed E-state index contributed by atoms with van der Waals surface area (Å²) in [6.45, 7) is 4.24. The van der Waals surface area contributed by atoms with Gasteiger partial charge < -0.3 is 14.8 Å². The summed E-state index contributed by atoms with van der Waals surface area (Å²) in [5, 5.41) is 7.51. The van der Waals surface area contributed by atoms with Crippen molar-refractivity contribution >= 4 is 29.2 Å². The van der Waals surface area contributed by atoms with Gasteiger partial charge in [0.05, 0.1) is 30.6 Å². The normalized spacial score (nSPS) is 11.6. The van der Waals surface area contributed by atoms with Crippen molar-refractivity contribution < 1.29 is 19.1 Å². The summed E-state index contributed by atoms with van der Waals surface area (Å²) < 4.78 is 12.4. The molecule has 30 heavy (non-hydrogen) atoms. The fraction of sp³-hybridized carbons (Fsp3) is 0.227. The van der Waals surface area contributed by atoms with Gasteiger partial charge in [0, 0.05) is 11.2 Å². The summed E-state index contributed by atoms with van der Waals surface area (Å²) >= 11 is 6.16. The number of carbonyl (C=O) groups excluding carboxylic acids is 2. The Labute approximate surface area is 179 Å². The number of hydrogen-bond acceptors (Lipinski definition) is 5. The highest BCUT2D eigenvalue weighted by Crippen LogP contribution is 2.24. The summed E-state index contributed by atoms with van der Waals surface area (Å²) in [5.41, 5.74) is 1.64. The van der Waals surface area contributed by atoms with Crippen molar-refractivity contribution in [3.63, 3.8) is 0 Å². The molecule has 2 aromatic carbocycles. The van der Waals surface area contributed by atoms with E-state index >= 15 is 0 Å². The molecule has 0 aliphatic heterocycles. The number of aromatic nitrogens is 2. The molecule has 0 fully saturated rings. The zero-order chi connectivity index (χ0) is 21.5. The number of para-hydroxylation sites is 2. The fourth-order valence-electron chi connectivity index (χ4n) is 2.72. The van der Waals surface area contributed by atoms with Crippen molar-refractivity contribution in [1.29, 1.82) is 0 Å². The lowest BCUT2D eigenvalue weighted by atomic mass is 10.2. The van der Waals surface area contributed by atoms with E-state index in [0.717, 1.165) is 5.56 Å². The van der Waals surface area contributed by atoms with Gasteiger partial charge in [0.1, 0.15) is 5.75 Å². The molecule has 1 heterocycles. The van der Waals surface area contributed by atoms with Gasteiger partial charge in [-0.3, -0.25) is 9.48 Å². The van der Waals surface area contributed by atoms with Crippen LogP contribution < -0.4 is 10.1 Å². The van der Waals surface area contributed by atoms with Gasteiger partial charge in [0.25, 0.3) is 5.91 Å². The van der Waals surface area contributed by atoms with E-state index in [1.165, 1.54) is 13.1 Å². The first kappa shape index (κ1) is 21.4. The van der Waals surface area contributed by atoms with Crippen LogP contribution in [0.4, 0.5) is 5.69 Å². The molecule has 8 heteroatoms. The van der Waals surface area contributed by atoms with Gasteiger partial charge in [-0.15, -0.1) is 0 Å². The Morgan fingerprint density at radius 2 is 1.90 bits per heavy atom. The second-order valence-corrected chi connectivity index (χ2v) is 6.89. The van der Waals surface area contributed by atoms with E-state index in [1.807, 2.05) is 31.2 Å². The summed E-state index contributed by atoms with van der Waals surface area (Å²) in [6, 6.07) is 14.5. The van der Waals surface area contributed by atoms with Crippen LogP contribution >= 0.6 is 11.6 Å². The van der Waals surface area contributed by atoms with Gasteiger partial charge in [-0.25, -0.2) is 4.79 Å². The Kier molecular flexibility index (Phi) is 7.08. The first-order chi connectivity index (χ1) is 14.5. The first-order valence-electron chi connectivity index (χ1n) is 9.47. The summed E-state index contributed by atoms with van der Waals surface area (Å²) in [7, 11) is 0. The second-order valence-electron chi connectivity index (χ2n) is 6.48. The van der Waals surface area contributed by atoms with Crippen molar-refractivity contribution in [2.75, 3.05) is 11.9 Å². The van der Waals surface area contributed by atoms with Gasteiger partial charge in [-0.1, -0.05) is 41.9 Å². The molecule has 0 saturated heterocycles. The Bertz CT molecular complexity index is 1030. The van der Waals surface area contributed by atoms with Crippen molar-refractivity contribution in [3.8, 4) is 5.75 Å². The van der Waals surface area contributed by atoms with Gasteiger partial charge in [-0.05, 0) is 37.6 Å². The van der Waals surface area contributed by atoms with Crippen LogP contribution in [0.15, 0.2) is 60.9 Å². The molecule has 0 aliphatic rings. The molecule has 3 rings (SSSR count). The molecule has 1 atom stereocenters. The summed E-state index contributed by atoms with van der Waals surface area (Å²) in [4.78, 5) is 24.8. The van der Waals surface area contributed by atoms with Crippen LogP contribution in [0.5, 0.6) is 5.75 Å². The van der Waals surface area contributed by atoms with Crippen LogP contribution in [-0.4, -0.2) is 34.4 Å². The fourth-order valence-corrected chi connectivity index (χ4v) is 2.92. The van der Waals surface area contributed by atoms with Crippen LogP contribution in [0.25, 0.3) is 0 Å². The smallest absolute Gasteiger partial charge is 0.342 e. The zero-order valence-electron chi connectivity index (χ0n) is 16.7. The summed E-state index contributed by atoms with van der Waals surface area (Å²) in [5.74, 6) is -0.548. The maximum absolute atomic E-state index is 12.4. The SMILES string of the molecule is CCOc1ccccc1NC(=O)C(C)OC(=O)c1cnn(Cc2ccccc2Cl)c1. The topological polar surface area (TPSA) is 82.4 Å². The maximum Gasteiger partial charge on any atom is 0.342 e. The molecule has 156 valence electrons. The predicted octanol–water partition coefficient (Wildman–Crippen LogP) is 4.17. The molecule has 0 aliphatic carbocycles. The van der Waals surface area contributed by atoms with Crippen LogP contribution in [0, 0.1) is 0 Å². The number of carbonyl (C=O) groups is 2. The third-order valence-electron chi connectivity index (χ3n) is 4.26. The number of rotatable bonds is 8. The standard InChI is InChI=1S/C22H22ClN3O4/c1-3-29-20-11-7-6-10-19(20)25-21(27)15(2)30-22(28)17-12-24-26(14-17)13-16-8-4-5-9-18(16)23/h4-12,14-15H,3,13H2,1-2H3,(H,25,27). The van der Waals surface area contributed by atoms with Crippen LogP contribution in [0.2, 0.25) is 5.02 Å². The van der Waals surface area contributed by atoms with Crippen molar-refractivity contribution in [3.05, 3.63) is 77.1 Å². The van der Waals surface area contributed by atoms with E-state index in [4.69, 9.17) is 21.1 Å². The quantitative estimate of drug-likeness (QED) is 0.545. The number of nitrogens with zero attached hydrogens (tertiary/aromatic N) is 2. The van der Waals surface area contributed by atoms with Gasteiger partial charge in [-0.2, -0.15) is 5.10 Å². The number of amides is 1. The highest BCUT2D eigenvalue weighted by molar-refractivity contribution is 6.31. The number of nitrogens with one attached hydrogen (secondary N) is 1. The highest BCUT2D eigenvalue weighted by atomic mass is 35.5. The van der Waals surface area contributed by atoms with E-state index in [0.29, 0.717) is 29.6 Å². The first-order valence-corrected chi connectivity index (χ1v) is 9.85. The van der Waals surface area contributed by atoms with E-state index < -0.39 is 18.0 Å². The summed E-state index contributed by atoms with van der Waals surface area (Å²) in [6.07, 6.45) is 1.95. The Morgan fingerprint density at radius 3 is 2.67 bits per heavy atom. The van der Waals surface area contributed by atoms with Crippen molar-refractivity contribution in [2.45, 2.75) is 26.5 Å². The van der Waals surface area contributed by atoms with E-state index in [9.17, 15) is 9.59 Å². The molecule has 1 aromatic heterocycles. The lowest BCUT2D eigenvalue weighted by Crippen LogP contribution is -2.30. The Balaban J connectivity index is 1.60. The van der Waals surface area contributed by atoms with E-state index in [1.54, 1.807) is 35.1 Å². The molecule has 0 bridgehead atoms. The van der Waals surface area contributed by atoms with Gasteiger partial charge in [0.2, 0.25) is 0 Å². The predicted molar refractivity (Wildman–Crippen MR) is 114 cm³/mol. The third-order valence-corrected chi connectivity index (χ3v) is 4.63. The average molecular weight is 428 g/mol. The van der Waals surface area contributed by atoms with Gasteiger partial charge in [0.15, 0.2) is 6.10 Å². The van der Waals surface area contributed by atoms with Crippen molar-refractivity contribution in [1.82, 2.24) is 9.78 Å². The molecular formula is C22H22ClN3O4.